The van der Waals surface area contributed by atoms with Gasteiger partial charge in [0.15, 0.2) is 0 Å². The maximum absolute atomic E-state index is 12.7. The van der Waals surface area contributed by atoms with E-state index in [0.717, 1.165) is 0 Å². The predicted octanol–water partition coefficient (Wildman–Crippen LogP) is 1.44. The number of carboxylic acid groups (broad SMARTS) is 1. The summed E-state index contributed by atoms with van der Waals surface area (Å²) in [4.78, 5) is 13.3. The van der Waals surface area contributed by atoms with Crippen molar-refractivity contribution in [3.8, 4) is 0 Å². The van der Waals surface area contributed by atoms with Crippen molar-refractivity contribution in [1.82, 2.24) is 4.98 Å². The van der Waals surface area contributed by atoms with Crippen molar-refractivity contribution in [3.05, 3.63) is 23.3 Å². The molecule has 1 aromatic heterocycles. The fourth-order valence-electron chi connectivity index (χ4n) is 0.895. The third kappa shape index (κ3) is 1.61. The Kier molecular flexibility index (Phi) is 2.59. The lowest BCUT2D eigenvalue weighted by Crippen LogP contribution is -2.09. The maximum atomic E-state index is 12.7. The van der Waals surface area contributed by atoms with E-state index in [9.17, 15) is 18.0 Å². The summed E-state index contributed by atoms with van der Waals surface area (Å²) in [6.45, 7) is 0. The van der Waals surface area contributed by atoms with Gasteiger partial charge in [0.05, 0.1) is 11.3 Å². The summed E-state index contributed by atoms with van der Waals surface area (Å²) in [5.41, 5.74) is 2.44. The summed E-state index contributed by atoms with van der Waals surface area (Å²) in [6.07, 6.45) is -2.60. The number of hydrogen-bond acceptors (Lipinski definition) is 3. The van der Waals surface area contributed by atoms with E-state index in [1.54, 1.807) is 0 Å². The van der Waals surface area contributed by atoms with Gasteiger partial charge in [-0.2, -0.15) is 4.39 Å². The quantitative estimate of drug-likeness (QED) is 0.717. The van der Waals surface area contributed by atoms with Crippen molar-refractivity contribution in [2.24, 2.45) is 0 Å². The number of nitrogens with zero attached hydrogens (tertiary/aromatic N) is 1. The monoisotopic (exact) mass is 206 g/mol. The van der Waals surface area contributed by atoms with Gasteiger partial charge in [-0.15, -0.1) is 0 Å². The molecule has 0 aliphatic heterocycles. The zero-order chi connectivity index (χ0) is 10.9. The summed E-state index contributed by atoms with van der Waals surface area (Å²) in [5.74, 6) is -2.99. The van der Waals surface area contributed by atoms with Crippen LogP contribution < -0.4 is 5.73 Å². The maximum Gasteiger partial charge on any atom is 0.339 e. The van der Waals surface area contributed by atoms with Gasteiger partial charge >= 0.3 is 5.97 Å². The molecular formula is C7H5F3N2O2. The van der Waals surface area contributed by atoms with E-state index in [1.165, 1.54) is 0 Å². The first kappa shape index (κ1) is 10.3. The van der Waals surface area contributed by atoms with Gasteiger partial charge < -0.3 is 10.8 Å². The minimum atomic E-state index is -3.19. The molecule has 76 valence electrons. The van der Waals surface area contributed by atoms with Crippen LogP contribution in [0.5, 0.6) is 0 Å². The van der Waals surface area contributed by atoms with Crippen molar-refractivity contribution in [2.75, 3.05) is 5.73 Å². The van der Waals surface area contributed by atoms with Gasteiger partial charge in [-0.3, -0.25) is 0 Å². The average Bonchev–Trinajstić information content (AvgIpc) is 2.02. The van der Waals surface area contributed by atoms with Crippen LogP contribution in [0, 0.1) is 5.95 Å². The zero-order valence-electron chi connectivity index (χ0n) is 6.67. The highest BCUT2D eigenvalue weighted by Gasteiger charge is 2.23. The molecule has 1 aromatic rings. The first-order valence-corrected chi connectivity index (χ1v) is 3.40. The molecule has 0 spiro atoms. The number of hydrogen-bond donors (Lipinski definition) is 2. The molecule has 0 aliphatic carbocycles. The van der Waals surface area contributed by atoms with E-state index in [0.29, 0.717) is 6.20 Å². The molecule has 0 aromatic carbocycles. The SMILES string of the molecule is Nc1c(C(=O)O)cnc(F)c1C(F)F. The Morgan fingerprint density at radius 1 is 1.57 bits per heavy atom. The number of aromatic carboxylic acids is 1. The lowest BCUT2D eigenvalue weighted by molar-refractivity contribution is 0.0697. The van der Waals surface area contributed by atoms with Gasteiger partial charge in [-0.05, 0) is 0 Å². The van der Waals surface area contributed by atoms with Gasteiger partial charge in [0, 0.05) is 6.20 Å². The van der Waals surface area contributed by atoms with Crippen LogP contribution in [0.2, 0.25) is 0 Å². The number of alkyl halides is 2. The van der Waals surface area contributed by atoms with E-state index in [-0.39, 0.29) is 0 Å². The van der Waals surface area contributed by atoms with Crippen molar-refractivity contribution < 1.29 is 23.1 Å². The molecule has 7 heteroatoms. The number of anilines is 1. The standard InChI is InChI=1S/C7H5F3N2O2/c8-5(9)3-4(11)2(7(13)14)1-12-6(3)10/h1,5H,(H2,11,12)(H,13,14). The zero-order valence-corrected chi connectivity index (χ0v) is 6.67. The van der Waals surface area contributed by atoms with Crippen LogP contribution >= 0.6 is 0 Å². The second-order valence-corrected chi connectivity index (χ2v) is 2.40. The summed E-state index contributed by atoms with van der Waals surface area (Å²) in [7, 11) is 0. The van der Waals surface area contributed by atoms with Crippen molar-refractivity contribution in [2.45, 2.75) is 6.43 Å². The first-order chi connectivity index (χ1) is 6.45. The topological polar surface area (TPSA) is 76.2 Å². The van der Waals surface area contributed by atoms with Crippen molar-refractivity contribution in [1.29, 1.82) is 0 Å². The van der Waals surface area contributed by atoms with Crippen molar-refractivity contribution in [3.63, 3.8) is 0 Å². The van der Waals surface area contributed by atoms with E-state index < -0.39 is 35.2 Å². The Morgan fingerprint density at radius 2 is 2.14 bits per heavy atom. The molecule has 0 saturated heterocycles. The van der Waals surface area contributed by atoms with Crippen molar-refractivity contribution >= 4 is 11.7 Å². The van der Waals surface area contributed by atoms with E-state index >= 15 is 0 Å². The summed E-state index contributed by atoms with van der Waals surface area (Å²) >= 11 is 0. The number of carboxylic acids is 1. The molecule has 1 rings (SSSR count). The highest BCUT2D eigenvalue weighted by Crippen LogP contribution is 2.28. The normalized spacial score (nSPS) is 10.6. The van der Waals surface area contributed by atoms with Gasteiger partial charge in [0.1, 0.15) is 5.56 Å². The molecule has 0 atom stereocenters. The summed E-state index contributed by atoms with van der Waals surface area (Å²) in [5, 5.41) is 8.48. The predicted molar refractivity (Wildman–Crippen MR) is 40.5 cm³/mol. The number of nitrogen functional groups attached to an aromatic ring is 1. The number of pyridine rings is 1. The smallest absolute Gasteiger partial charge is 0.339 e. The van der Waals surface area contributed by atoms with E-state index in [2.05, 4.69) is 4.98 Å². The first-order valence-electron chi connectivity index (χ1n) is 3.40. The Balaban J connectivity index is 3.41. The van der Waals surface area contributed by atoms with E-state index in [4.69, 9.17) is 10.8 Å². The van der Waals surface area contributed by atoms with Crippen LogP contribution in [0.25, 0.3) is 0 Å². The van der Waals surface area contributed by atoms with Crippen LogP contribution in [0.15, 0.2) is 6.20 Å². The number of rotatable bonds is 2. The largest absolute Gasteiger partial charge is 0.478 e. The molecule has 1 heterocycles. The molecule has 0 fully saturated rings. The van der Waals surface area contributed by atoms with Crippen LogP contribution in [0.3, 0.4) is 0 Å². The fourth-order valence-corrected chi connectivity index (χ4v) is 0.895. The summed E-state index contributed by atoms with van der Waals surface area (Å²) in [6, 6.07) is 0. The Bertz CT molecular complexity index is 381. The van der Waals surface area contributed by atoms with Gasteiger partial charge in [0.2, 0.25) is 5.95 Å². The highest BCUT2D eigenvalue weighted by atomic mass is 19.3. The fraction of sp³-hybridized carbons (Fsp3) is 0.143. The number of halogens is 3. The molecule has 0 aliphatic rings. The number of aromatic nitrogens is 1. The van der Waals surface area contributed by atoms with Crippen LogP contribution in [0.1, 0.15) is 22.3 Å². The molecule has 0 bridgehead atoms. The molecule has 14 heavy (non-hydrogen) atoms. The van der Waals surface area contributed by atoms with Gasteiger partial charge in [-0.1, -0.05) is 0 Å². The lowest BCUT2D eigenvalue weighted by Gasteiger charge is -2.07. The number of nitrogens with two attached hydrogens (primary N) is 1. The molecule has 0 amide bonds. The Morgan fingerprint density at radius 3 is 2.57 bits per heavy atom. The lowest BCUT2D eigenvalue weighted by atomic mass is 10.1. The van der Waals surface area contributed by atoms with Crippen LogP contribution in [-0.2, 0) is 0 Å². The average molecular weight is 206 g/mol. The van der Waals surface area contributed by atoms with Crippen LogP contribution in [0.4, 0.5) is 18.9 Å². The van der Waals surface area contributed by atoms with E-state index in [1.807, 2.05) is 0 Å². The third-order valence-corrected chi connectivity index (χ3v) is 1.56. The molecule has 0 saturated carbocycles. The second-order valence-electron chi connectivity index (χ2n) is 2.40. The molecule has 0 unspecified atom stereocenters. The molecule has 4 nitrogen and oxygen atoms in total. The Labute approximate surface area is 76.2 Å². The number of carbonyl (C=O) groups is 1. The molecule has 3 N–H and O–H groups in total. The minimum absolute atomic E-state index is 0.596. The third-order valence-electron chi connectivity index (χ3n) is 1.56. The van der Waals surface area contributed by atoms with Crippen LogP contribution in [-0.4, -0.2) is 16.1 Å². The van der Waals surface area contributed by atoms with Gasteiger partial charge in [-0.25, -0.2) is 18.6 Å². The summed E-state index contributed by atoms with van der Waals surface area (Å²) < 4.78 is 37.0. The molecular weight excluding hydrogens is 201 g/mol. The second kappa shape index (κ2) is 3.52. The highest BCUT2D eigenvalue weighted by molar-refractivity contribution is 5.93. The molecule has 0 radical (unpaired) electrons. The minimum Gasteiger partial charge on any atom is -0.478 e. The Hall–Kier alpha value is -1.79. The van der Waals surface area contributed by atoms with Gasteiger partial charge in [0.25, 0.3) is 6.43 Å².